The van der Waals surface area contributed by atoms with Crippen LogP contribution in [0, 0.1) is 11.6 Å². The van der Waals surface area contributed by atoms with Crippen molar-refractivity contribution in [1.29, 1.82) is 0 Å². The second kappa shape index (κ2) is 7.22. The van der Waals surface area contributed by atoms with Gasteiger partial charge in [-0.2, -0.15) is 0 Å². The topological polar surface area (TPSA) is 77.4 Å². The number of imide groups is 1. The highest BCUT2D eigenvalue weighted by Crippen LogP contribution is 2.20. The summed E-state index contributed by atoms with van der Waals surface area (Å²) in [5, 5.41) is 1.66. The van der Waals surface area contributed by atoms with E-state index in [2.05, 4.69) is 4.74 Å². The normalized spacial score (nSPS) is 10.3. The maximum atomic E-state index is 13.1. The third-order valence-electron chi connectivity index (χ3n) is 2.99. The van der Waals surface area contributed by atoms with Crippen LogP contribution >= 0.6 is 11.6 Å². The van der Waals surface area contributed by atoms with Gasteiger partial charge in [-0.3, -0.25) is 14.9 Å². The number of nitrogens with one attached hydrogen (secondary N) is 1. The van der Waals surface area contributed by atoms with Crippen molar-refractivity contribution in [1.82, 2.24) is 9.88 Å². The third kappa shape index (κ3) is 3.96. The fourth-order valence-electron chi connectivity index (χ4n) is 1.81. The smallest absolute Gasteiger partial charge is 0.340 e. The van der Waals surface area contributed by atoms with E-state index in [-0.39, 0.29) is 10.7 Å². The number of esters is 1. The maximum absolute atomic E-state index is 13.1. The fourth-order valence-corrected chi connectivity index (χ4v) is 2.04. The predicted octanol–water partition coefficient (Wildman–Crippen LogP) is 2.07. The van der Waals surface area contributed by atoms with E-state index in [4.69, 9.17) is 11.6 Å². The summed E-state index contributed by atoms with van der Waals surface area (Å²) < 4.78 is 32.2. The van der Waals surface area contributed by atoms with Gasteiger partial charge in [0.1, 0.15) is 5.69 Å². The van der Waals surface area contributed by atoms with E-state index in [1.807, 2.05) is 5.32 Å². The van der Waals surface area contributed by atoms with Crippen LogP contribution < -0.4 is 5.32 Å². The molecule has 2 aromatic rings. The molecule has 0 aliphatic carbocycles. The van der Waals surface area contributed by atoms with Crippen LogP contribution in [0.4, 0.5) is 8.78 Å². The number of hydrogen-bond acceptors (Lipinski definition) is 4. The van der Waals surface area contributed by atoms with Crippen LogP contribution in [0.25, 0.3) is 0 Å². The molecule has 0 spiro atoms. The number of aromatic nitrogens is 1. The second-order valence-corrected chi connectivity index (χ2v) is 5.11. The molecule has 24 heavy (non-hydrogen) atoms. The Bertz CT molecular complexity index is 820. The molecule has 6 nitrogen and oxygen atoms in total. The number of aryl methyl sites for hydroxylation is 1. The summed E-state index contributed by atoms with van der Waals surface area (Å²) in [7, 11) is 1.62. The highest BCUT2D eigenvalue weighted by atomic mass is 35.5. The number of nitrogens with zero attached hydrogens (tertiary/aromatic N) is 1. The van der Waals surface area contributed by atoms with Gasteiger partial charge in [-0.1, -0.05) is 11.6 Å². The van der Waals surface area contributed by atoms with Gasteiger partial charge in [0.05, 0.1) is 10.6 Å². The van der Waals surface area contributed by atoms with Crippen molar-refractivity contribution in [2.24, 2.45) is 7.05 Å². The summed E-state index contributed by atoms with van der Waals surface area (Å²) in [6.07, 6.45) is 1.62. The minimum absolute atomic E-state index is 0.235. The molecule has 0 saturated carbocycles. The minimum Gasteiger partial charge on any atom is -0.452 e. The van der Waals surface area contributed by atoms with Crippen LogP contribution in [0.1, 0.15) is 20.8 Å². The highest BCUT2D eigenvalue weighted by Gasteiger charge is 2.19. The van der Waals surface area contributed by atoms with Crippen LogP contribution in [0.5, 0.6) is 0 Å². The molecule has 0 unspecified atom stereocenters. The zero-order valence-corrected chi connectivity index (χ0v) is 13.1. The molecule has 1 N–H and O–H groups in total. The van der Waals surface area contributed by atoms with Crippen LogP contribution in [0.15, 0.2) is 30.5 Å². The molecule has 0 radical (unpaired) electrons. The fraction of sp³-hybridized carbons (Fsp3) is 0.133. The largest absolute Gasteiger partial charge is 0.452 e. The van der Waals surface area contributed by atoms with Gasteiger partial charge >= 0.3 is 5.97 Å². The number of hydrogen-bond donors (Lipinski definition) is 1. The minimum atomic E-state index is -1.28. The van der Waals surface area contributed by atoms with Crippen molar-refractivity contribution in [2.75, 3.05) is 6.61 Å². The number of ether oxygens (including phenoxy) is 1. The first-order valence-corrected chi connectivity index (χ1v) is 6.94. The van der Waals surface area contributed by atoms with Crippen molar-refractivity contribution in [3.63, 3.8) is 0 Å². The van der Waals surface area contributed by atoms with E-state index in [0.29, 0.717) is 12.1 Å². The molecule has 2 amide bonds. The Morgan fingerprint density at radius 3 is 2.54 bits per heavy atom. The molecule has 0 aliphatic heterocycles. The Morgan fingerprint density at radius 1 is 1.25 bits per heavy atom. The number of halogens is 3. The van der Waals surface area contributed by atoms with Crippen molar-refractivity contribution in [3.8, 4) is 0 Å². The van der Waals surface area contributed by atoms with Crippen molar-refractivity contribution >= 4 is 29.4 Å². The molecule has 2 rings (SSSR count). The van der Waals surface area contributed by atoms with Gasteiger partial charge in [0.15, 0.2) is 18.2 Å². The van der Waals surface area contributed by atoms with Gasteiger partial charge in [0.2, 0.25) is 0 Å². The molecular weight excluding hydrogens is 346 g/mol. The van der Waals surface area contributed by atoms with Gasteiger partial charge in [0.25, 0.3) is 11.8 Å². The monoisotopic (exact) mass is 356 g/mol. The molecular formula is C15H11ClF2N2O4. The molecule has 1 aromatic heterocycles. The van der Waals surface area contributed by atoms with E-state index in [1.165, 1.54) is 10.6 Å². The Hall–Kier alpha value is -2.74. The Balaban J connectivity index is 1.94. The van der Waals surface area contributed by atoms with Crippen LogP contribution in [0.2, 0.25) is 5.02 Å². The highest BCUT2D eigenvalue weighted by molar-refractivity contribution is 6.33. The van der Waals surface area contributed by atoms with Gasteiger partial charge < -0.3 is 9.30 Å². The van der Waals surface area contributed by atoms with Crippen molar-refractivity contribution in [2.45, 2.75) is 0 Å². The predicted molar refractivity (Wildman–Crippen MR) is 79.5 cm³/mol. The zero-order valence-electron chi connectivity index (χ0n) is 12.3. The molecule has 1 aromatic carbocycles. The summed E-state index contributed by atoms with van der Waals surface area (Å²) >= 11 is 5.62. The van der Waals surface area contributed by atoms with Crippen molar-refractivity contribution < 1.29 is 27.9 Å². The molecule has 9 heteroatoms. The van der Waals surface area contributed by atoms with Gasteiger partial charge in [-0.15, -0.1) is 0 Å². The lowest BCUT2D eigenvalue weighted by atomic mass is 10.2. The zero-order chi connectivity index (χ0) is 17.9. The first kappa shape index (κ1) is 17.6. The summed E-state index contributed by atoms with van der Waals surface area (Å²) in [5.41, 5.74) is -0.199. The summed E-state index contributed by atoms with van der Waals surface area (Å²) in [4.78, 5) is 35.1. The Morgan fingerprint density at radius 2 is 1.92 bits per heavy atom. The molecule has 0 fully saturated rings. The average molecular weight is 357 g/mol. The summed E-state index contributed by atoms with van der Waals surface area (Å²) in [5.74, 6) is -5.18. The van der Waals surface area contributed by atoms with Gasteiger partial charge in [0, 0.05) is 13.2 Å². The second-order valence-electron chi connectivity index (χ2n) is 4.70. The van der Waals surface area contributed by atoms with Crippen molar-refractivity contribution in [3.05, 3.63) is 58.4 Å². The average Bonchev–Trinajstić information content (AvgIpc) is 2.94. The molecule has 1 heterocycles. The number of rotatable bonds is 4. The standard InChI is InChI=1S/C15H11ClF2N2O4/c1-20-4-2-3-12(20)14(22)19-13(21)7-24-15(23)8-5-10(17)11(18)6-9(8)16/h2-6H,7H2,1H3,(H,19,21,22). The lowest BCUT2D eigenvalue weighted by Crippen LogP contribution is -2.35. The Labute approximate surface area is 140 Å². The number of carbonyl (C=O) groups excluding carboxylic acids is 3. The third-order valence-corrected chi connectivity index (χ3v) is 3.31. The maximum Gasteiger partial charge on any atom is 0.340 e. The van der Waals surface area contributed by atoms with Crippen LogP contribution in [0.3, 0.4) is 0 Å². The van der Waals surface area contributed by atoms with E-state index in [0.717, 1.165) is 0 Å². The lowest BCUT2D eigenvalue weighted by molar-refractivity contribution is -0.123. The van der Waals surface area contributed by atoms with Crippen LogP contribution in [-0.2, 0) is 16.6 Å². The molecule has 0 atom stereocenters. The first-order valence-electron chi connectivity index (χ1n) is 6.56. The SMILES string of the molecule is Cn1cccc1C(=O)NC(=O)COC(=O)c1cc(F)c(F)cc1Cl. The summed E-state index contributed by atoms with van der Waals surface area (Å²) in [6, 6.07) is 4.29. The molecule has 0 saturated heterocycles. The summed E-state index contributed by atoms with van der Waals surface area (Å²) in [6.45, 7) is -0.787. The number of benzene rings is 1. The first-order chi connectivity index (χ1) is 11.3. The van der Waals surface area contributed by atoms with E-state index < -0.39 is 41.6 Å². The lowest BCUT2D eigenvalue weighted by Gasteiger charge is -2.08. The van der Waals surface area contributed by atoms with Gasteiger partial charge in [-0.25, -0.2) is 13.6 Å². The van der Waals surface area contributed by atoms with Gasteiger partial charge in [-0.05, 0) is 24.3 Å². The van der Waals surface area contributed by atoms with Crippen LogP contribution in [-0.4, -0.2) is 29.0 Å². The molecule has 0 aliphatic rings. The van der Waals surface area contributed by atoms with E-state index >= 15 is 0 Å². The number of carbonyl (C=O) groups is 3. The molecule has 126 valence electrons. The van der Waals surface area contributed by atoms with E-state index in [9.17, 15) is 23.2 Å². The van der Waals surface area contributed by atoms with E-state index in [1.54, 1.807) is 19.3 Å². The number of amides is 2. The quantitative estimate of drug-likeness (QED) is 0.672. The Kier molecular flexibility index (Phi) is 5.30. The molecule has 0 bridgehead atoms.